The number of piperazine rings is 1. The van der Waals surface area contributed by atoms with Crippen LogP contribution in [0.15, 0.2) is 65.0 Å². The molecule has 2 saturated heterocycles. The van der Waals surface area contributed by atoms with Crippen molar-refractivity contribution in [2.75, 3.05) is 44.7 Å². The first kappa shape index (κ1) is 38.0. The van der Waals surface area contributed by atoms with Crippen LogP contribution in [0, 0.1) is 6.92 Å². The standard InChI is InChI=1S/C43H47N9O5S/c1-24-19-27(7-10-29(24)25(2)46-40(55)41-49-42(50-57-41)43(3)13-14-43)37-36-30-20-33(56-4)32(21-31(30)47-38(36)45-23-44-37)52-17-15-51(16-18-52)22-26-5-8-28(9-6-26)58-34-11-12-35(53)48-39(34)54/h5-8,10,19-21,23,25,28,34H,9,11-18,22H2,1-4H3,(H,46,55)(H,44,45,47)(H,48,53,54)/t25-,28?,34?/m1/s1. The van der Waals surface area contributed by atoms with E-state index in [1.807, 2.05) is 26.0 Å². The van der Waals surface area contributed by atoms with E-state index < -0.39 is 0 Å². The average Bonchev–Trinajstić information content (AvgIpc) is 3.59. The number of piperidine rings is 1. The van der Waals surface area contributed by atoms with Gasteiger partial charge in [-0.25, -0.2) is 9.97 Å². The van der Waals surface area contributed by atoms with E-state index in [2.05, 4.69) is 83.9 Å². The lowest BCUT2D eigenvalue weighted by atomic mass is 9.97. The number of thioether (sulfide) groups is 1. The SMILES string of the molecule is COc1cc2c(cc1N1CCN(CC3=CCC(SC4CCC(=O)NC4=O)C=C3)CC1)[nH]c1ncnc(-c3ccc([C@@H](C)NC(=O)c4nc(C5(C)CC5)no4)c(C)c3)c12. The second-order valence-electron chi connectivity index (χ2n) is 16.1. The van der Waals surface area contributed by atoms with Crippen LogP contribution in [0.1, 0.15) is 79.6 Å². The normalized spacial score (nSPS) is 21.2. The maximum absolute atomic E-state index is 13.0. The van der Waals surface area contributed by atoms with Gasteiger partial charge in [0.2, 0.25) is 11.8 Å². The lowest BCUT2D eigenvalue weighted by Crippen LogP contribution is -2.47. The predicted molar refractivity (Wildman–Crippen MR) is 223 cm³/mol. The number of aromatic amines is 1. The van der Waals surface area contributed by atoms with E-state index in [1.165, 1.54) is 5.57 Å². The number of nitrogens with zero attached hydrogens (tertiary/aromatic N) is 6. The zero-order valence-electron chi connectivity index (χ0n) is 33.1. The number of methoxy groups -OCH3 is 1. The van der Waals surface area contributed by atoms with E-state index >= 15 is 0 Å². The number of H-pyrrole nitrogens is 1. The van der Waals surface area contributed by atoms with Crippen molar-refractivity contribution in [3.63, 3.8) is 0 Å². The third kappa shape index (κ3) is 7.48. The Labute approximate surface area is 340 Å². The van der Waals surface area contributed by atoms with Gasteiger partial charge in [-0.05, 0) is 74.4 Å². The lowest BCUT2D eigenvalue weighted by Gasteiger charge is -2.37. The Morgan fingerprint density at radius 1 is 1.14 bits per heavy atom. The summed E-state index contributed by atoms with van der Waals surface area (Å²) in [5, 5.41) is 11.5. The summed E-state index contributed by atoms with van der Waals surface area (Å²) >= 11 is 1.65. The zero-order valence-corrected chi connectivity index (χ0v) is 33.9. The van der Waals surface area contributed by atoms with Gasteiger partial charge in [0.1, 0.15) is 17.7 Å². The molecule has 0 bridgehead atoms. The predicted octanol–water partition coefficient (Wildman–Crippen LogP) is 5.94. The van der Waals surface area contributed by atoms with Crippen molar-refractivity contribution in [1.82, 2.24) is 40.6 Å². The van der Waals surface area contributed by atoms with E-state index in [4.69, 9.17) is 14.2 Å². The van der Waals surface area contributed by atoms with Gasteiger partial charge in [0.25, 0.3) is 0 Å². The molecule has 5 heterocycles. The summed E-state index contributed by atoms with van der Waals surface area (Å²) in [6.07, 6.45) is 12.2. The van der Waals surface area contributed by atoms with Crippen LogP contribution in [0.2, 0.25) is 0 Å². The molecule has 15 heteroatoms. The van der Waals surface area contributed by atoms with Gasteiger partial charge in [0.05, 0.1) is 40.7 Å². The van der Waals surface area contributed by atoms with Crippen LogP contribution in [0.4, 0.5) is 5.69 Å². The van der Waals surface area contributed by atoms with Gasteiger partial charge in [-0.2, -0.15) is 4.98 Å². The Kier molecular flexibility index (Phi) is 10.0. The number of nitrogens with one attached hydrogen (secondary N) is 3. The molecule has 2 unspecified atom stereocenters. The van der Waals surface area contributed by atoms with Gasteiger partial charge in [0.15, 0.2) is 5.82 Å². The van der Waals surface area contributed by atoms with Crippen molar-refractivity contribution in [2.45, 2.75) is 74.8 Å². The molecular formula is C43H47N9O5S. The fourth-order valence-corrected chi connectivity index (χ4v) is 9.51. The minimum absolute atomic E-state index is 0.0156. The second kappa shape index (κ2) is 15.3. The number of ether oxygens (including phenoxy) is 1. The first-order chi connectivity index (χ1) is 28.0. The number of anilines is 1. The Hall–Kier alpha value is -5.54. The molecule has 2 aliphatic carbocycles. The van der Waals surface area contributed by atoms with Crippen LogP contribution in [-0.2, 0) is 15.0 Å². The lowest BCUT2D eigenvalue weighted by molar-refractivity contribution is -0.132. The minimum atomic E-state index is -0.390. The number of hydrogen-bond donors (Lipinski definition) is 3. The summed E-state index contributed by atoms with van der Waals surface area (Å²) in [4.78, 5) is 58.9. The number of allylic oxidation sites excluding steroid dienone is 1. The highest BCUT2D eigenvalue weighted by molar-refractivity contribution is 8.01. The molecule has 0 radical (unpaired) electrons. The minimum Gasteiger partial charge on any atom is -0.495 e. The number of fused-ring (bicyclic) bond motifs is 3. The molecular weight excluding hydrogens is 755 g/mol. The molecule has 0 spiro atoms. The molecule has 2 aromatic carbocycles. The summed E-state index contributed by atoms with van der Waals surface area (Å²) < 4.78 is 11.3. The van der Waals surface area contributed by atoms with Crippen LogP contribution in [-0.4, -0.2) is 98.0 Å². The fourth-order valence-electron chi connectivity index (χ4n) is 8.27. The zero-order chi connectivity index (χ0) is 40.1. The fraction of sp³-hybridized carbons (Fsp3) is 0.419. The van der Waals surface area contributed by atoms with E-state index in [-0.39, 0.29) is 45.6 Å². The van der Waals surface area contributed by atoms with Crippen LogP contribution in [0.25, 0.3) is 33.2 Å². The van der Waals surface area contributed by atoms with Crippen molar-refractivity contribution in [3.8, 4) is 17.0 Å². The quantitative estimate of drug-likeness (QED) is 0.135. The third-order valence-electron chi connectivity index (χ3n) is 12.0. The van der Waals surface area contributed by atoms with Crippen LogP contribution in [0.5, 0.6) is 5.75 Å². The van der Waals surface area contributed by atoms with Crippen LogP contribution >= 0.6 is 11.8 Å². The van der Waals surface area contributed by atoms with Crippen molar-refractivity contribution in [2.24, 2.45) is 0 Å². The molecule has 3 aromatic heterocycles. The molecule has 3 atom stereocenters. The Morgan fingerprint density at radius 2 is 1.97 bits per heavy atom. The Morgan fingerprint density at radius 3 is 2.69 bits per heavy atom. The number of carbonyl (C=O) groups is 3. The molecule has 3 amide bonds. The van der Waals surface area contributed by atoms with E-state index in [0.29, 0.717) is 18.7 Å². The maximum Gasteiger partial charge on any atom is 0.315 e. The first-order valence-corrected chi connectivity index (χ1v) is 20.9. The van der Waals surface area contributed by atoms with Gasteiger partial charge >= 0.3 is 11.8 Å². The summed E-state index contributed by atoms with van der Waals surface area (Å²) in [5.74, 6) is 0.652. The molecule has 3 N–H and O–H groups in total. The van der Waals surface area contributed by atoms with Gasteiger partial charge in [-0.1, -0.05) is 42.4 Å². The number of carbonyl (C=O) groups excluding carboxylic acids is 3. The van der Waals surface area contributed by atoms with E-state index in [1.54, 1.807) is 25.2 Å². The highest BCUT2D eigenvalue weighted by Crippen LogP contribution is 2.46. The van der Waals surface area contributed by atoms with Gasteiger partial charge in [-0.15, -0.1) is 11.8 Å². The van der Waals surface area contributed by atoms with Crippen LogP contribution in [0.3, 0.4) is 0 Å². The smallest absolute Gasteiger partial charge is 0.315 e. The van der Waals surface area contributed by atoms with Crippen molar-refractivity contribution in [1.29, 1.82) is 0 Å². The molecule has 58 heavy (non-hydrogen) atoms. The largest absolute Gasteiger partial charge is 0.495 e. The number of hydrogen-bond acceptors (Lipinski definition) is 12. The highest BCUT2D eigenvalue weighted by Gasteiger charge is 2.44. The van der Waals surface area contributed by atoms with Crippen molar-refractivity contribution >= 4 is 57.1 Å². The van der Waals surface area contributed by atoms with Crippen LogP contribution < -0.4 is 20.3 Å². The Bertz CT molecular complexity index is 2500. The number of amides is 3. The Balaban J connectivity index is 0.864. The molecule has 5 aromatic rings. The van der Waals surface area contributed by atoms with Crippen molar-refractivity contribution < 1.29 is 23.6 Å². The highest BCUT2D eigenvalue weighted by atomic mass is 32.2. The number of aryl methyl sites for hydroxylation is 1. The summed E-state index contributed by atoms with van der Waals surface area (Å²) in [5.41, 5.74) is 7.70. The molecule has 300 valence electrons. The topological polar surface area (TPSA) is 171 Å². The molecule has 4 aliphatic rings. The van der Waals surface area contributed by atoms with Gasteiger partial charge < -0.3 is 24.5 Å². The average molecular weight is 802 g/mol. The molecule has 1 saturated carbocycles. The summed E-state index contributed by atoms with van der Waals surface area (Å²) in [7, 11) is 1.72. The monoisotopic (exact) mass is 801 g/mol. The molecule has 3 fully saturated rings. The number of benzene rings is 2. The van der Waals surface area contributed by atoms with Gasteiger partial charge in [-0.3, -0.25) is 24.6 Å². The maximum atomic E-state index is 13.0. The third-order valence-corrected chi connectivity index (χ3v) is 13.5. The number of rotatable bonds is 11. The molecule has 2 aliphatic heterocycles. The molecule has 9 rings (SSSR count). The van der Waals surface area contributed by atoms with E-state index in [0.717, 1.165) is 108 Å². The number of aromatic nitrogens is 5. The number of imide groups is 1. The van der Waals surface area contributed by atoms with E-state index in [9.17, 15) is 14.4 Å². The van der Waals surface area contributed by atoms with Crippen molar-refractivity contribution in [3.05, 3.63) is 83.3 Å². The summed E-state index contributed by atoms with van der Waals surface area (Å²) in [6, 6.07) is 10.1. The molecule has 14 nitrogen and oxygen atoms in total. The van der Waals surface area contributed by atoms with Gasteiger partial charge in [0, 0.05) is 60.8 Å². The summed E-state index contributed by atoms with van der Waals surface area (Å²) in [6.45, 7) is 10.5. The second-order valence-corrected chi connectivity index (χ2v) is 17.6. The first-order valence-electron chi connectivity index (χ1n) is 20.0.